The van der Waals surface area contributed by atoms with E-state index in [9.17, 15) is 9.18 Å². The molecule has 0 saturated heterocycles. The van der Waals surface area contributed by atoms with Gasteiger partial charge in [0.05, 0.1) is 17.1 Å². The summed E-state index contributed by atoms with van der Waals surface area (Å²) in [6, 6.07) is 5.93. The van der Waals surface area contributed by atoms with Crippen molar-refractivity contribution in [2.75, 3.05) is 11.1 Å². The molecule has 0 radical (unpaired) electrons. The Morgan fingerprint density at radius 1 is 1.33 bits per heavy atom. The van der Waals surface area contributed by atoms with E-state index in [0.717, 1.165) is 0 Å². The molecule has 2 aromatic rings. The topological polar surface area (TPSA) is 60.0 Å². The van der Waals surface area contributed by atoms with E-state index in [0.29, 0.717) is 15.8 Å². The van der Waals surface area contributed by atoms with Crippen molar-refractivity contribution in [2.45, 2.75) is 0 Å². The van der Waals surface area contributed by atoms with Gasteiger partial charge in [-0.1, -0.05) is 15.9 Å². The highest BCUT2D eigenvalue weighted by Crippen LogP contribution is 2.25. The summed E-state index contributed by atoms with van der Waals surface area (Å²) in [5.41, 5.74) is 6.57. The van der Waals surface area contributed by atoms with Crippen LogP contribution in [0.25, 0.3) is 0 Å². The van der Waals surface area contributed by atoms with Crippen LogP contribution in [0.5, 0.6) is 0 Å². The fourth-order valence-corrected chi connectivity index (χ4v) is 1.83. The zero-order valence-corrected chi connectivity index (χ0v) is 11.2. The molecule has 0 aliphatic rings. The molecule has 18 heavy (non-hydrogen) atoms. The Morgan fingerprint density at radius 3 is 2.72 bits per heavy atom. The third kappa shape index (κ3) is 2.53. The van der Waals surface area contributed by atoms with Crippen molar-refractivity contribution < 1.29 is 4.39 Å². The van der Waals surface area contributed by atoms with E-state index in [4.69, 9.17) is 5.73 Å². The Labute approximate surface area is 111 Å². The first-order valence-electron chi connectivity index (χ1n) is 5.15. The number of rotatable bonds is 2. The van der Waals surface area contributed by atoms with Crippen LogP contribution in [-0.2, 0) is 7.05 Å². The molecule has 4 nitrogen and oxygen atoms in total. The zero-order chi connectivity index (χ0) is 13.3. The molecule has 0 fully saturated rings. The summed E-state index contributed by atoms with van der Waals surface area (Å²) in [6.45, 7) is 0. The zero-order valence-electron chi connectivity index (χ0n) is 9.58. The summed E-state index contributed by atoms with van der Waals surface area (Å²) < 4.78 is 15.6. The number of anilines is 3. The maximum Gasteiger partial charge on any atom is 0.252 e. The van der Waals surface area contributed by atoms with Crippen molar-refractivity contribution in [2.24, 2.45) is 7.05 Å². The highest BCUT2D eigenvalue weighted by Gasteiger charge is 2.06. The van der Waals surface area contributed by atoms with Crippen LogP contribution in [0.15, 0.2) is 39.7 Å². The Balaban J connectivity index is 2.40. The van der Waals surface area contributed by atoms with Gasteiger partial charge in [-0.3, -0.25) is 4.79 Å². The number of nitrogens with one attached hydrogen (secondary N) is 1. The standard InChI is InChI=1S/C12H11BrFN3O/c1-17-6-9(15)11(5-12(17)18)16-10-3-2-7(13)4-8(10)14/h2-6,16H,15H2,1H3. The molecule has 0 saturated carbocycles. The SMILES string of the molecule is Cn1cc(N)c(Nc2ccc(Br)cc2F)cc1=O. The number of nitrogens with zero attached hydrogens (tertiary/aromatic N) is 1. The number of nitrogens with two attached hydrogens (primary N) is 1. The van der Waals surface area contributed by atoms with Gasteiger partial charge in [-0.05, 0) is 18.2 Å². The van der Waals surface area contributed by atoms with Crippen LogP contribution in [0.1, 0.15) is 0 Å². The molecule has 0 atom stereocenters. The van der Waals surface area contributed by atoms with Gasteiger partial charge in [0.1, 0.15) is 5.82 Å². The molecular weight excluding hydrogens is 301 g/mol. The minimum absolute atomic E-state index is 0.218. The van der Waals surface area contributed by atoms with Gasteiger partial charge in [0.2, 0.25) is 0 Å². The summed E-state index contributed by atoms with van der Waals surface area (Å²) in [7, 11) is 1.60. The predicted octanol–water partition coefficient (Wildman–Crippen LogP) is 2.61. The van der Waals surface area contributed by atoms with Crippen molar-refractivity contribution in [3.8, 4) is 0 Å². The van der Waals surface area contributed by atoms with Crippen LogP contribution < -0.4 is 16.6 Å². The van der Waals surface area contributed by atoms with Gasteiger partial charge in [0, 0.05) is 23.8 Å². The van der Waals surface area contributed by atoms with Gasteiger partial charge in [-0.25, -0.2) is 4.39 Å². The first-order valence-corrected chi connectivity index (χ1v) is 5.95. The van der Waals surface area contributed by atoms with Crippen LogP contribution in [-0.4, -0.2) is 4.57 Å². The van der Waals surface area contributed by atoms with Gasteiger partial charge in [0.15, 0.2) is 0 Å². The molecule has 3 N–H and O–H groups in total. The van der Waals surface area contributed by atoms with E-state index in [1.54, 1.807) is 19.2 Å². The lowest BCUT2D eigenvalue weighted by molar-refractivity contribution is 0.631. The highest BCUT2D eigenvalue weighted by atomic mass is 79.9. The van der Waals surface area contributed by atoms with Crippen LogP contribution in [0.4, 0.5) is 21.5 Å². The molecule has 0 aliphatic heterocycles. The smallest absolute Gasteiger partial charge is 0.252 e. The lowest BCUT2D eigenvalue weighted by Gasteiger charge is -2.11. The molecule has 6 heteroatoms. The second-order valence-electron chi connectivity index (χ2n) is 3.84. The summed E-state index contributed by atoms with van der Waals surface area (Å²) in [6.07, 6.45) is 1.49. The average Bonchev–Trinajstić information content (AvgIpc) is 2.29. The summed E-state index contributed by atoms with van der Waals surface area (Å²) in [4.78, 5) is 11.5. The van der Waals surface area contributed by atoms with Crippen LogP contribution in [0.3, 0.4) is 0 Å². The van der Waals surface area contributed by atoms with Crippen LogP contribution >= 0.6 is 15.9 Å². The first-order chi connectivity index (χ1) is 8.47. The molecule has 1 aromatic carbocycles. The lowest BCUT2D eigenvalue weighted by atomic mass is 10.2. The van der Waals surface area contributed by atoms with Gasteiger partial charge in [0.25, 0.3) is 5.56 Å². The maximum atomic E-state index is 13.6. The van der Waals surface area contributed by atoms with Crippen molar-refractivity contribution in [1.82, 2.24) is 4.57 Å². The number of aromatic nitrogens is 1. The molecule has 0 amide bonds. The quantitative estimate of drug-likeness (QED) is 0.896. The molecule has 2 rings (SSSR count). The first kappa shape index (κ1) is 12.6. The molecule has 0 unspecified atom stereocenters. The Bertz CT molecular complexity index is 654. The van der Waals surface area contributed by atoms with Gasteiger partial charge >= 0.3 is 0 Å². The number of hydrogen-bond donors (Lipinski definition) is 2. The Hall–Kier alpha value is -1.82. The van der Waals surface area contributed by atoms with Gasteiger partial charge in [-0.2, -0.15) is 0 Å². The molecule has 1 aromatic heterocycles. The van der Waals surface area contributed by atoms with E-state index < -0.39 is 5.82 Å². The number of halogens is 2. The van der Waals surface area contributed by atoms with E-state index in [2.05, 4.69) is 21.2 Å². The lowest BCUT2D eigenvalue weighted by Crippen LogP contribution is -2.17. The summed E-state index contributed by atoms with van der Waals surface area (Å²) in [5, 5.41) is 2.80. The van der Waals surface area contributed by atoms with Crippen molar-refractivity contribution >= 4 is 33.0 Å². The molecule has 94 valence electrons. The number of benzene rings is 1. The summed E-state index contributed by atoms with van der Waals surface area (Å²) >= 11 is 3.17. The maximum absolute atomic E-state index is 13.6. The number of pyridine rings is 1. The molecular formula is C12H11BrFN3O. The van der Waals surface area contributed by atoms with Crippen molar-refractivity contribution in [1.29, 1.82) is 0 Å². The van der Waals surface area contributed by atoms with E-state index >= 15 is 0 Å². The van der Waals surface area contributed by atoms with E-state index in [1.807, 2.05) is 0 Å². The second-order valence-corrected chi connectivity index (χ2v) is 4.76. The molecule has 1 heterocycles. The largest absolute Gasteiger partial charge is 0.396 e. The van der Waals surface area contributed by atoms with Crippen molar-refractivity contribution in [3.05, 3.63) is 51.1 Å². The van der Waals surface area contributed by atoms with Gasteiger partial charge < -0.3 is 15.6 Å². The molecule has 0 spiro atoms. The third-order valence-electron chi connectivity index (χ3n) is 2.46. The summed E-state index contributed by atoms with van der Waals surface area (Å²) in [5.74, 6) is -0.426. The second kappa shape index (κ2) is 4.81. The van der Waals surface area contributed by atoms with Crippen LogP contribution in [0, 0.1) is 5.82 Å². The number of hydrogen-bond acceptors (Lipinski definition) is 3. The van der Waals surface area contributed by atoms with Crippen LogP contribution in [0.2, 0.25) is 0 Å². The molecule has 0 bridgehead atoms. The normalized spacial score (nSPS) is 10.4. The van der Waals surface area contributed by atoms with E-state index in [1.165, 1.54) is 22.9 Å². The fourth-order valence-electron chi connectivity index (χ4n) is 1.49. The van der Waals surface area contributed by atoms with Gasteiger partial charge in [-0.15, -0.1) is 0 Å². The van der Waals surface area contributed by atoms with E-state index in [-0.39, 0.29) is 11.2 Å². The number of aryl methyl sites for hydroxylation is 1. The third-order valence-corrected chi connectivity index (χ3v) is 2.95. The fraction of sp³-hybridized carbons (Fsp3) is 0.0833. The monoisotopic (exact) mass is 311 g/mol. The highest BCUT2D eigenvalue weighted by molar-refractivity contribution is 9.10. The Kier molecular flexibility index (Phi) is 3.38. The number of nitrogen functional groups attached to an aromatic ring is 1. The molecule has 0 aliphatic carbocycles. The predicted molar refractivity (Wildman–Crippen MR) is 73.5 cm³/mol. The minimum Gasteiger partial charge on any atom is -0.396 e. The van der Waals surface area contributed by atoms with Crippen molar-refractivity contribution in [3.63, 3.8) is 0 Å². The Morgan fingerprint density at radius 2 is 2.06 bits per heavy atom. The average molecular weight is 312 g/mol. The minimum atomic E-state index is -0.426.